The average molecular weight is 213 g/mol. The SMILES string of the molecule is CCCCC(N)c1cccc2ccccc12. The fourth-order valence-electron chi connectivity index (χ4n) is 2.15. The van der Waals surface area contributed by atoms with Crippen molar-refractivity contribution in [3.8, 4) is 0 Å². The van der Waals surface area contributed by atoms with Crippen LogP contribution in [0.15, 0.2) is 42.5 Å². The molecule has 0 aliphatic heterocycles. The van der Waals surface area contributed by atoms with Crippen molar-refractivity contribution in [1.29, 1.82) is 0 Å². The largest absolute Gasteiger partial charge is 0.324 e. The van der Waals surface area contributed by atoms with Gasteiger partial charge in [-0.3, -0.25) is 0 Å². The summed E-state index contributed by atoms with van der Waals surface area (Å²) < 4.78 is 0. The molecule has 0 aromatic heterocycles. The number of benzene rings is 2. The summed E-state index contributed by atoms with van der Waals surface area (Å²) in [4.78, 5) is 0. The third-order valence-electron chi connectivity index (χ3n) is 3.09. The molecule has 84 valence electrons. The second-order valence-electron chi connectivity index (χ2n) is 4.32. The first-order valence-electron chi connectivity index (χ1n) is 6.06. The van der Waals surface area contributed by atoms with Gasteiger partial charge in [0, 0.05) is 6.04 Å². The van der Waals surface area contributed by atoms with Crippen molar-refractivity contribution in [2.45, 2.75) is 32.2 Å². The minimum absolute atomic E-state index is 0.172. The second kappa shape index (κ2) is 5.13. The van der Waals surface area contributed by atoms with E-state index in [0.717, 1.165) is 6.42 Å². The van der Waals surface area contributed by atoms with E-state index in [2.05, 4.69) is 49.4 Å². The maximum absolute atomic E-state index is 6.25. The Kier molecular flexibility index (Phi) is 3.58. The van der Waals surface area contributed by atoms with Gasteiger partial charge in [-0.05, 0) is 22.8 Å². The van der Waals surface area contributed by atoms with E-state index in [1.807, 2.05) is 0 Å². The highest BCUT2D eigenvalue weighted by Crippen LogP contribution is 2.25. The molecule has 0 aliphatic rings. The third kappa shape index (κ3) is 2.25. The lowest BCUT2D eigenvalue weighted by atomic mass is 9.96. The van der Waals surface area contributed by atoms with Crippen molar-refractivity contribution < 1.29 is 0 Å². The van der Waals surface area contributed by atoms with Crippen molar-refractivity contribution in [3.63, 3.8) is 0 Å². The molecular weight excluding hydrogens is 194 g/mol. The van der Waals surface area contributed by atoms with Crippen LogP contribution >= 0.6 is 0 Å². The second-order valence-corrected chi connectivity index (χ2v) is 4.32. The molecule has 0 aliphatic carbocycles. The zero-order valence-corrected chi connectivity index (χ0v) is 9.82. The number of hydrogen-bond donors (Lipinski definition) is 1. The molecule has 2 aromatic carbocycles. The normalized spacial score (nSPS) is 12.9. The average Bonchev–Trinajstić information content (AvgIpc) is 2.35. The van der Waals surface area contributed by atoms with E-state index < -0.39 is 0 Å². The van der Waals surface area contributed by atoms with Crippen molar-refractivity contribution in [2.75, 3.05) is 0 Å². The molecule has 0 saturated carbocycles. The van der Waals surface area contributed by atoms with E-state index in [1.165, 1.54) is 29.2 Å². The van der Waals surface area contributed by atoms with E-state index >= 15 is 0 Å². The third-order valence-corrected chi connectivity index (χ3v) is 3.09. The Balaban J connectivity index is 2.36. The molecule has 1 nitrogen and oxygen atoms in total. The van der Waals surface area contributed by atoms with Crippen LogP contribution in [-0.4, -0.2) is 0 Å². The van der Waals surface area contributed by atoms with Gasteiger partial charge in [0.05, 0.1) is 0 Å². The predicted octanol–water partition coefficient (Wildman–Crippen LogP) is 4.03. The Bertz CT molecular complexity index is 456. The molecule has 1 heteroatoms. The van der Waals surface area contributed by atoms with Gasteiger partial charge in [-0.2, -0.15) is 0 Å². The smallest absolute Gasteiger partial charge is 0.0301 e. The van der Waals surface area contributed by atoms with Gasteiger partial charge in [0.25, 0.3) is 0 Å². The Morgan fingerprint density at radius 2 is 1.81 bits per heavy atom. The summed E-state index contributed by atoms with van der Waals surface area (Å²) >= 11 is 0. The molecule has 0 saturated heterocycles. The predicted molar refractivity (Wildman–Crippen MR) is 70.4 cm³/mol. The minimum Gasteiger partial charge on any atom is -0.324 e. The molecule has 2 rings (SSSR count). The molecule has 0 bridgehead atoms. The fraction of sp³-hybridized carbons (Fsp3) is 0.333. The van der Waals surface area contributed by atoms with E-state index in [4.69, 9.17) is 5.73 Å². The van der Waals surface area contributed by atoms with E-state index in [9.17, 15) is 0 Å². The van der Waals surface area contributed by atoms with Crippen LogP contribution in [-0.2, 0) is 0 Å². The van der Waals surface area contributed by atoms with Crippen LogP contribution in [0.2, 0.25) is 0 Å². The van der Waals surface area contributed by atoms with Gasteiger partial charge < -0.3 is 5.73 Å². The molecule has 16 heavy (non-hydrogen) atoms. The number of hydrogen-bond acceptors (Lipinski definition) is 1. The molecule has 0 heterocycles. The van der Waals surface area contributed by atoms with Crippen LogP contribution in [0.1, 0.15) is 37.8 Å². The van der Waals surface area contributed by atoms with Crippen molar-refractivity contribution in [3.05, 3.63) is 48.0 Å². The highest BCUT2D eigenvalue weighted by Gasteiger charge is 2.08. The first-order valence-corrected chi connectivity index (χ1v) is 6.06. The number of fused-ring (bicyclic) bond motifs is 1. The molecular formula is C15H19N. The highest BCUT2D eigenvalue weighted by molar-refractivity contribution is 5.86. The molecule has 1 unspecified atom stereocenters. The lowest BCUT2D eigenvalue weighted by Gasteiger charge is -2.14. The summed E-state index contributed by atoms with van der Waals surface area (Å²) in [7, 11) is 0. The Hall–Kier alpha value is -1.34. The Morgan fingerprint density at radius 3 is 2.62 bits per heavy atom. The molecule has 0 amide bonds. The molecule has 0 radical (unpaired) electrons. The van der Waals surface area contributed by atoms with Crippen molar-refractivity contribution in [1.82, 2.24) is 0 Å². The van der Waals surface area contributed by atoms with Gasteiger partial charge in [0.2, 0.25) is 0 Å². The Morgan fingerprint density at radius 1 is 1.06 bits per heavy atom. The van der Waals surface area contributed by atoms with Crippen LogP contribution in [0.5, 0.6) is 0 Å². The summed E-state index contributed by atoms with van der Waals surface area (Å²) in [6.07, 6.45) is 3.48. The molecule has 0 spiro atoms. The Labute approximate surface area is 97.3 Å². The molecule has 1 atom stereocenters. The maximum Gasteiger partial charge on any atom is 0.0301 e. The van der Waals surface area contributed by atoms with Gasteiger partial charge in [-0.1, -0.05) is 62.2 Å². The monoisotopic (exact) mass is 213 g/mol. The number of nitrogens with two attached hydrogens (primary N) is 1. The number of rotatable bonds is 4. The zero-order valence-electron chi connectivity index (χ0n) is 9.82. The van der Waals surface area contributed by atoms with E-state index in [-0.39, 0.29) is 6.04 Å². The summed E-state index contributed by atoms with van der Waals surface area (Å²) in [6.45, 7) is 2.20. The fourth-order valence-corrected chi connectivity index (χ4v) is 2.15. The zero-order chi connectivity index (χ0) is 11.4. The lowest BCUT2D eigenvalue weighted by molar-refractivity contribution is 0.607. The highest BCUT2D eigenvalue weighted by atomic mass is 14.6. The van der Waals surface area contributed by atoms with Gasteiger partial charge in [-0.15, -0.1) is 0 Å². The van der Waals surface area contributed by atoms with Crippen LogP contribution in [0.4, 0.5) is 0 Å². The quantitative estimate of drug-likeness (QED) is 0.815. The van der Waals surface area contributed by atoms with Crippen LogP contribution in [0.3, 0.4) is 0 Å². The van der Waals surface area contributed by atoms with Crippen LogP contribution in [0.25, 0.3) is 10.8 Å². The first-order chi connectivity index (χ1) is 7.83. The van der Waals surface area contributed by atoms with Gasteiger partial charge in [0.1, 0.15) is 0 Å². The molecule has 0 fully saturated rings. The minimum atomic E-state index is 0.172. The maximum atomic E-state index is 6.25. The van der Waals surface area contributed by atoms with Crippen molar-refractivity contribution in [2.24, 2.45) is 5.73 Å². The van der Waals surface area contributed by atoms with Gasteiger partial charge >= 0.3 is 0 Å². The summed E-state index contributed by atoms with van der Waals surface area (Å²) in [6, 6.07) is 15.0. The summed E-state index contributed by atoms with van der Waals surface area (Å²) in [5.41, 5.74) is 7.53. The first kappa shape index (κ1) is 11.2. The topological polar surface area (TPSA) is 26.0 Å². The summed E-state index contributed by atoms with van der Waals surface area (Å²) in [5, 5.41) is 2.58. The summed E-state index contributed by atoms with van der Waals surface area (Å²) in [5.74, 6) is 0. The van der Waals surface area contributed by atoms with Gasteiger partial charge in [-0.25, -0.2) is 0 Å². The van der Waals surface area contributed by atoms with E-state index in [1.54, 1.807) is 0 Å². The van der Waals surface area contributed by atoms with Crippen LogP contribution in [0, 0.1) is 0 Å². The van der Waals surface area contributed by atoms with Crippen molar-refractivity contribution >= 4 is 10.8 Å². The van der Waals surface area contributed by atoms with Gasteiger partial charge in [0.15, 0.2) is 0 Å². The standard InChI is InChI=1S/C15H19N/c1-2-3-11-15(16)14-10-6-8-12-7-4-5-9-13(12)14/h4-10,15H,2-3,11,16H2,1H3. The molecule has 2 N–H and O–H groups in total. The lowest BCUT2D eigenvalue weighted by Crippen LogP contribution is -2.10. The van der Waals surface area contributed by atoms with E-state index in [0.29, 0.717) is 0 Å². The number of unbranched alkanes of at least 4 members (excludes halogenated alkanes) is 1. The van der Waals surface area contributed by atoms with Crippen LogP contribution < -0.4 is 5.73 Å². The molecule has 2 aromatic rings.